The maximum absolute atomic E-state index is 11.6. The van der Waals surface area contributed by atoms with Gasteiger partial charge < -0.3 is 15.7 Å². The minimum atomic E-state index is -0.696. The number of halogens is 1. The van der Waals surface area contributed by atoms with Gasteiger partial charge in [-0.2, -0.15) is 0 Å². The molecule has 0 radical (unpaired) electrons. The predicted octanol–water partition coefficient (Wildman–Crippen LogP) is 2.55. The summed E-state index contributed by atoms with van der Waals surface area (Å²) in [6, 6.07) is 3.61. The summed E-state index contributed by atoms with van der Waals surface area (Å²) >= 11 is 7.36. The second-order valence-electron chi connectivity index (χ2n) is 5.00. The Morgan fingerprint density at radius 2 is 2.11 bits per heavy atom. The summed E-state index contributed by atoms with van der Waals surface area (Å²) in [5, 5.41) is 15.6. The number of hydrogen-bond donors (Lipinski definition) is 3. The molecule has 1 aliphatic rings. The largest absolute Gasteiger partial charge is 0.388 e. The zero-order valence-corrected chi connectivity index (χ0v) is 12.3. The zero-order valence-electron chi connectivity index (χ0n) is 10.7. The van der Waals surface area contributed by atoms with E-state index in [0.29, 0.717) is 13.1 Å². The second-order valence-corrected chi connectivity index (χ2v) is 6.80. The van der Waals surface area contributed by atoms with Crippen LogP contribution in [0.2, 0.25) is 4.34 Å². The van der Waals surface area contributed by atoms with Crippen LogP contribution in [0, 0.1) is 0 Å². The van der Waals surface area contributed by atoms with Crippen molar-refractivity contribution in [3.8, 4) is 0 Å². The van der Waals surface area contributed by atoms with Crippen LogP contribution >= 0.6 is 22.9 Å². The molecule has 1 aromatic rings. The van der Waals surface area contributed by atoms with Crippen molar-refractivity contribution in [2.45, 2.75) is 37.7 Å². The Bertz CT molecular complexity index is 430. The molecule has 3 N–H and O–H groups in total. The van der Waals surface area contributed by atoms with E-state index in [4.69, 9.17) is 11.6 Å². The summed E-state index contributed by atoms with van der Waals surface area (Å²) in [6.07, 6.45) is 4.41. The van der Waals surface area contributed by atoms with E-state index in [1.807, 2.05) is 12.1 Å². The highest BCUT2D eigenvalue weighted by Crippen LogP contribution is 2.28. The van der Waals surface area contributed by atoms with E-state index in [0.717, 1.165) is 41.3 Å². The van der Waals surface area contributed by atoms with Crippen molar-refractivity contribution in [3.63, 3.8) is 0 Å². The monoisotopic (exact) mass is 302 g/mol. The van der Waals surface area contributed by atoms with Crippen molar-refractivity contribution in [1.29, 1.82) is 0 Å². The first-order valence-corrected chi connectivity index (χ1v) is 7.75. The Balaban J connectivity index is 1.62. The highest BCUT2D eigenvalue weighted by molar-refractivity contribution is 7.16. The molecule has 0 aromatic carbocycles. The van der Waals surface area contributed by atoms with E-state index in [9.17, 15) is 9.90 Å². The molecule has 1 heterocycles. The van der Waals surface area contributed by atoms with Crippen molar-refractivity contribution in [2.75, 3.05) is 13.1 Å². The lowest BCUT2D eigenvalue weighted by Gasteiger charge is -2.22. The molecule has 1 aromatic heterocycles. The molecule has 2 rings (SSSR count). The lowest BCUT2D eigenvalue weighted by molar-refractivity contribution is 0.0501. The fraction of sp³-hybridized carbons (Fsp3) is 0.615. The number of thiophene rings is 1. The highest BCUT2D eigenvalue weighted by Gasteiger charge is 2.31. The maximum atomic E-state index is 11.6. The second kappa shape index (κ2) is 6.59. The number of carbonyl (C=O) groups is 1. The van der Waals surface area contributed by atoms with Crippen LogP contribution in [0.5, 0.6) is 0 Å². The van der Waals surface area contributed by atoms with Gasteiger partial charge >= 0.3 is 6.03 Å². The van der Waals surface area contributed by atoms with Crippen LogP contribution in [0.25, 0.3) is 0 Å². The Hall–Kier alpha value is -0.780. The van der Waals surface area contributed by atoms with Gasteiger partial charge in [-0.25, -0.2) is 4.79 Å². The van der Waals surface area contributed by atoms with Gasteiger partial charge in [-0.05, 0) is 31.4 Å². The van der Waals surface area contributed by atoms with Crippen LogP contribution in [0.15, 0.2) is 12.1 Å². The van der Waals surface area contributed by atoms with E-state index in [1.54, 1.807) is 0 Å². The Morgan fingerprint density at radius 1 is 1.37 bits per heavy atom. The molecule has 1 saturated carbocycles. The summed E-state index contributed by atoms with van der Waals surface area (Å²) in [7, 11) is 0. The number of carbonyl (C=O) groups excluding carboxylic acids is 1. The lowest BCUT2D eigenvalue weighted by Crippen LogP contribution is -2.45. The average molecular weight is 303 g/mol. The first kappa shape index (κ1) is 14.6. The van der Waals surface area contributed by atoms with Gasteiger partial charge in [0.25, 0.3) is 0 Å². The smallest absolute Gasteiger partial charge is 0.314 e. The van der Waals surface area contributed by atoms with Gasteiger partial charge in [0.05, 0.1) is 9.94 Å². The molecule has 0 aliphatic heterocycles. The number of rotatable bonds is 5. The van der Waals surface area contributed by atoms with Crippen LogP contribution in [0.4, 0.5) is 4.79 Å². The quantitative estimate of drug-likeness (QED) is 0.783. The molecule has 2 amide bonds. The summed E-state index contributed by atoms with van der Waals surface area (Å²) in [4.78, 5) is 12.7. The Labute approximate surface area is 122 Å². The third-order valence-corrected chi connectivity index (χ3v) is 4.69. The zero-order chi connectivity index (χ0) is 13.7. The summed E-state index contributed by atoms with van der Waals surface area (Å²) in [5.41, 5.74) is -0.696. The third kappa shape index (κ3) is 4.67. The summed E-state index contributed by atoms with van der Waals surface area (Å²) < 4.78 is 0.767. The first-order chi connectivity index (χ1) is 9.07. The van der Waals surface area contributed by atoms with E-state index < -0.39 is 5.60 Å². The normalized spacial score (nSPS) is 17.4. The molecule has 0 unspecified atom stereocenters. The van der Waals surface area contributed by atoms with E-state index >= 15 is 0 Å². The highest BCUT2D eigenvalue weighted by atomic mass is 35.5. The van der Waals surface area contributed by atoms with Gasteiger partial charge in [-0.1, -0.05) is 24.4 Å². The molecule has 4 nitrogen and oxygen atoms in total. The van der Waals surface area contributed by atoms with Crippen LogP contribution in [-0.4, -0.2) is 29.8 Å². The van der Waals surface area contributed by atoms with Crippen LogP contribution in [-0.2, 0) is 6.42 Å². The SMILES string of the molecule is O=C(NCCc1ccc(Cl)s1)NCC1(O)CCCC1. The molecule has 19 heavy (non-hydrogen) atoms. The van der Waals surface area contributed by atoms with Gasteiger partial charge in [-0.3, -0.25) is 0 Å². The van der Waals surface area contributed by atoms with Gasteiger partial charge in [0.1, 0.15) is 0 Å². The van der Waals surface area contributed by atoms with Crippen molar-refractivity contribution >= 4 is 29.0 Å². The molecule has 0 bridgehead atoms. The van der Waals surface area contributed by atoms with Gasteiger partial charge in [-0.15, -0.1) is 11.3 Å². The van der Waals surface area contributed by atoms with E-state index in [2.05, 4.69) is 10.6 Å². The van der Waals surface area contributed by atoms with Crippen molar-refractivity contribution in [1.82, 2.24) is 10.6 Å². The lowest BCUT2D eigenvalue weighted by atomic mass is 10.0. The number of aliphatic hydroxyl groups is 1. The van der Waals surface area contributed by atoms with Crippen LogP contribution < -0.4 is 10.6 Å². The fourth-order valence-corrected chi connectivity index (χ4v) is 3.39. The minimum Gasteiger partial charge on any atom is -0.388 e. The number of nitrogens with one attached hydrogen (secondary N) is 2. The molecule has 106 valence electrons. The summed E-state index contributed by atoms with van der Waals surface area (Å²) in [5.74, 6) is 0. The molecule has 0 spiro atoms. The van der Waals surface area contributed by atoms with Crippen LogP contribution in [0.1, 0.15) is 30.6 Å². The van der Waals surface area contributed by atoms with E-state index in [1.165, 1.54) is 11.3 Å². The molecule has 0 atom stereocenters. The Morgan fingerprint density at radius 3 is 2.74 bits per heavy atom. The topological polar surface area (TPSA) is 61.4 Å². The molecular formula is C13H19ClN2O2S. The molecular weight excluding hydrogens is 284 g/mol. The van der Waals surface area contributed by atoms with Crippen LogP contribution in [0.3, 0.4) is 0 Å². The van der Waals surface area contributed by atoms with Crippen molar-refractivity contribution in [3.05, 3.63) is 21.3 Å². The fourth-order valence-electron chi connectivity index (χ4n) is 2.30. The van der Waals surface area contributed by atoms with Gasteiger partial charge in [0.15, 0.2) is 0 Å². The number of amides is 2. The van der Waals surface area contributed by atoms with Gasteiger partial charge in [0.2, 0.25) is 0 Å². The molecule has 1 fully saturated rings. The predicted molar refractivity (Wildman–Crippen MR) is 77.9 cm³/mol. The standard InChI is InChI=1S/C13H19ClN2O2S/c14-11-4-3-10(19-11)5-8-15-12(17)16-9-13(18)6-1-2-7-13/h3-4,18H,1-2,5-9H2,(H2,15,16,17). The minimum absolute atomic E-state index is 0.219. The average Bonchev–Trinajstić information content (AvgIpc) is 2.97. The molecule has 0 saturated heterocycles. The number of urea groups is 1. The first-order valence-electron chi connectivity index (χ1n) is 6.56. The summed E-state index contributed by atoms with van der Waals surface area (Å²) in [6.45, 7) is 0.908. The number of hydrogen-bond acceptors (Lipinski definition) is 3. The molecule has 1 aliphatic carbocycles. The maximum Gasteiger partial charge on any atom is 0.314 e. The van der Waals surface area contributed by atoms with Crippen molar-refractivity contribution < 1.29 is 9.90 Å². The van der Waals surface area contributed by atoms with Gasteiger partial charge in [0, 0.05) is 18.0 Å². The van der Waals surface area contributed by atoms with Crippen molar-refractivity contribution in [2.24, 2.45) is 0 Å². The third-order valence-electron chi connectivity index (χ3n) is 3.40. The Kier molecular flexibility index (Phi) is 5.07. The van der Waals surface area contributed by atoms with E-state index in [-0.39, 0.29) is 6.03 Å². The molecule has 6 heteroatoms.